The molecule has 0 spiro atoms. The van der Waals surface area contributed by atoms with Crippen LogP contribution in [0, 0.1) is 11.3 Å². The zero-order valence-corrected chi connectivity index (χ0v) is 7.17. The van der Waals surface area contributed by atoms with Crippen molar-refractivity contribution in [2.45, 2.75) is 12.8 Å². The van der Waals surface area contributed by atoms with E-state index >= 15 is 0 Å². The maximum Gasteiger partial charge on any atom is 0.318 e. The molecule has 0 saturated carbocycles. The lowest BCUT2D eigenvalue weighted by atomic mass is 10.4. The fraction of sp³-hybridized carbons (Fsp3) is 0.667. The Labute approximate surface area is 70.5 Å². The summed E-state index contributed by atoms with van der Waals surface area (Å²) < 4.78 is 21.7. The van der Waals surface area contributed by atoms with Crippen molar-refractivity contribution >= 4 is 15.8 Å². The summed E-state index contributed by atoms with van der Waals surface area (Å²) in [6, 6.07) is 1.78. The molecule has 0 aromatic rings. The number of nitrogens with zero attached hydrogens (tertiary/aromatic N) is 1. The molecule has 0 radical (unpaired) electrons. The van der Waals surface area contributed by atoms with Crippen molar-refractivity contribution in [1.82, 2.24) is 0 Å². The molecule has 0 unspecified atom stereocenters. The van der Waals surface area contributed by atoms with Gasteiger partial charge in [-0.1, -0.05) is 0 Å². The van der Waals surface area contributed by atoms with Crippen molar-refractivity contribution < 1.29 is 18.3 Å². The molecule has 0 heterocycles. The molecule has 1 N–H and O–H groups in total. The van der Waals surface area contributed by atoms with Gasteiger partial charge in [-0.25, -0.2) is 8.42 Å². The van der Waals surface area contributed by atoms with Gasteiger partial charge in [-0.2, -0.15) is 5.26 Å². The summed E-state index contributed by atoms with van der Waals surface area (Å²) >= 11 is 0. The van der Waals surface area contributed by atoms with Crippen LogP contribution in [-0.4, -0.2) is 31.0 Å². The zero-order valence-electron chi connectivity index (χ0n) is 6.36. The topological polar surface area (TPSA) is 95.2 Å². The highest BCUT2D eigenvalue weighted by Gasteiger charge is 2.14. The lowest BCUT2D eigenvalue weighted by Crippen LogP contribution is -2.18. The van der Waals surface area contributed by atoms with Crippen molar-refractivity contribution in [2.75, 3.05) is 11.5 Å². The predicted octanol–water partition coefficient (Wildman–Crippen LogP) is -0.210. The van der Waals surface area contributed by atoms with Crippen LogP contribution in [0.4, 0.5) is 0 Å². The highest BCUT2D eigenvalue weighted by Crippen LogP contribution is 1.96. The van der Waals surface area contributed by atoms with E-state index in [4.69, 9.17) is 10.4 Å². The van der Waals surface area contributed by atoms with Crippen LogP contribution in [0.2, 0.25) is 0 Å². The van der Waals surface area contributed by atoms with Crippen molar-refractivity contribution in [1.29, 1.82) is 5.26 Å². The van der Waals surface area contributed by atoms with E-state index < -0.39 is 21.6 Å². The Morgan fingerprint density at radius 2 is 2.08 bits per heavy atom. The Balaban J connectivity index is 3.91. The molecule has 0 aliphatic carbocycles. The molecular weight excluding hydrogens is 182 g/mol. The fourth-order valence-electron chi connectivity index (χ4n) is 0.631. The SMILES string of the molecule is N#CCCCS(=O)(=O)CC(=O)O. The summed E-state index contributed by atoms with van der Waals surface area (Å²) in [5, 5.41) is 16.2. The van der Waals surface area contributed by atoms with Gasteiger partial charge in [-0.05, 0) is 6.42 Å². The largest absolute Gasteiger partial charge is 0.480 e. The van der Waals surface area contributed by atoms with Gasteiger partial charge in [-0.15, -0.1) is 0 Å². The number of nitriles is 1. The van der Waals surface area contributed by atoms with Crippen LogP contribution in [0.25, 0.3) is 0 Å². The number of sulfone groups is 1. The average Bonchev–Trinajstić information content (AvgIpc) is 1.84. The average molecular weight is 191 g/mol. The Morgan fingerprint density at radius 3 is 2.50 bits per heavy atom. The standard InChI is InChI=1S/C6H9NO4S/c7-3-1-2-4-12(10,11)5-6(8)9/h1-2,4-5H2,(H,8,9). The van der Waals surface area contributed by atoms with E-state index in [9.17, 15) is 13.2 Å². The second-order valence-corrected chi connectivity index (χ2v) is 4.43. The summed E-state index contributed by atoms with van der Waals surface area (Å²) in [6.45, 7) is 0. The quantitative estimate of drug-likeness (QED) is 0.606. The van der Waals surface area contributed by atoms with E-state index in [1.165, 1.54) is 0 Å². The molecule has 0 amide bonds. The summed E-state index contributed by atoms with van der Waals surface area (Å²) in [6.07, 6.45) is 0.338. The third-order valence-corrected chi connectivity index (χ3v) is 2.68. The van der Waals surface area contributed by atoms with Crippen LogP contribution in [0.5, 0.6) is 0 Å². The highest BCUT2D eigenvalue weighted by atomic mass is 32.2. The number of carbonyl (C=O) groups is 1. The summed E-state index contributed by atoms with van der Waals surface area (Å²) in [4.78, 5) is 10.0. The third-order valence-electron chi connectivity index (χ3n) is 1.09. The fourth-order valence-corrected chi connectivity index (χ4v) is 1.74. The highest BCUT2D eigenvalue weighted by molar-refractivity contribution is 7.92. The van der Waals surface area contributed by atoms with Crippen molar-refractivity contribution in [2.24, 2.45) is 0 Å². The van der Waals surface area contributed by atoms with E-state index in [2.05, 4.69) is 0 Å². The maximum absolute atomic E-state index is 10.8. The van der Waals surface area contributed by atoms with Gasteiger partial charge in [0.25, 0.3) is 0 Å². The Kier molecular flexibility index (Phi) is 4.29. The minimum atomic E-state index is -3.50. The predicted molar refractivity (Wildman–Crippen MR) is 41.1 cm³/mol. The van der Waals surface area contributed by atoms with E-state index in [1.54, 1.807) is 6.07 Å². The smallest absolute Gasteiger partial charge is 0.318 e. The van der Waals surface area contributed by atoms with Crippen LogP contribution in [-0.2, 0) is 14.6 Å². The molecule has 68 valence electrons. The van der Waals surface area contributed by atoms with Crippen LogP contribution in [0.15, 0.2) is 0 Å². The summed E-state index contributed by atoms with van der Waals surface area (Å²) in [5.41, 5.74) is 0. The second kappa shape index (κ2) is 4.72. The molecule has 0 atom stereocenters. The Hall–Kier alpha value is -1.09. The van der Waals surface area contributed by atoms with E-state index in [1.807, 2.05) is 0 Å². The number of unbranched alkanes of at least 4 members (excludes halogenated alkanes) is 1. The zero-order chi connectivity index (χ0) is 9.61. The van der Waals surface area contributed by atoms with E-state index in [0.717, 1.165) is 0 Å². The molecule has 0 aromatic heterocycles. The van der Waals surface area contributed by atoms with Crippen molar-refractivity contribution in [3.63, 3.8) is 0 Å². The third kappa shape index (κ3) is 5.68. The minimum Gasteiger partial charge on any atom is -0.480 e. The molecule has 0 aliphatic rings. The molecule has 0 fully saturated rings. The molecule has 0 bridgehead atoms. The number of aliphatic carboxylic acids is 1. The number of carboxylic acid groups (broad SMARTS) is 1. The van der Waals surface area contributed by atoms with Gasteiger partial charge in [0.05, 0.1) is 11.8 Å². The molecular formula is C6H9NO4S. The van der Waals surface area contributed by atoms with Crippen LogP contribution < -0.4 is 0 Å². The number of rotatable bonds is 5. The van der Waals surface area contributed by atoms with Gasteiger partial charge in [0.15, 0.2) is 9.84 Å². The first kappa shape index (κ1) is 10.9. The first-order chi connectivity index (χ1) is 5.48. The Morgan fingerprint density at radius 1 is 1.50 bits per heavy atom. The summed E-state index contributed by atoms with van der Waals surface area (Å²) in [7, 11) is -3.50. The number of carboxylic acids is 1. The molecule has 5 nitrogen and oxygen atoms in total. The first-order valence-electron chi connectivity index (χ1n) is 3.27. The molecule has 0 saturated heterocycles. The van der Waals surface area contributed by atoms with Gasteiger partial charge in [0.1, 0.15) is 5.75 Å². The van der Waals surface area contributed by atoms with Crippen molar-refractivity contribution in [3.05, 3.63) is 0 Å². The Bertz CT molecular complexity index is 287. The number of hydrogen-bond acceptors (Lipinski definition) is 4. The molecule has 12 heavy (non-hydrogen) atoms. The van der Waals surface area contributed by atoms with Gasteiger partial charge < -0.3 is 5.11 Å². The minimum absolute atomic E-state index is 0.138. The van der Waals surface area contributed by atoms with Crippen LogP contribution in [0.1, 0.15) is 12.8 Å². The molecule has 0 aromatic carbocycles. The number of hydrogen-bond donors (Lipinski definition) is 1. The van der Waals surface area contributed by atoms with E-state index in [-0.39, 0.29) is 18.6 Å². The molecule has 0 aliphatic heterocycles. The normalized spacial score (nSPS) is 10.6. The van der Waals surface area contributed by atoms with Gasteiger partial charge in [0, 0.05) is 6.42 Å². The van der Waals surface area contributed by atoms with E-state index in [0.29, 0.717) is 0 Å². The van der Waals surface area contributed by atoms with Crippen LogP contribution in [0.3, 0.4) is 0 Å². The summed E-state index contributed by atoms with van der Waals surface area (Å²) in [5.74, 6) is -2.43. The van der Waals surface area contributed by atoms with Gasteiger partial charge in [-0.3, -0.25) is 4.79 Å². The maximum atomic E-state index is 10.8. The van der Waals surface area contributed by atoms with Crippen molar-refractivity contribution in [3.8, 4) is 6.07 Å². The molecule has 6 heteroatoms. The first-order valence-corrected chi connectivity index (χ1v) is 5.09. The second-order valence-electron chi connectivity index (χ2n) is 2.25. The van der Waals surface area contributed by atoms with Crippen LogP contribution >= 0.6 is 0 Å². The molecule has 0 rings (SSSR count). The van der Waals surface area contributed by atoms with Gasteiger partial charge in [0.2, 0.25) is 0 Å². The lowest BCUT2D eigenvalue weighted by Gasteiger charge is -1.97. The van der Waals surface area contributed by atoms with Gasteiger partial charge >= 0.3 is 5.97 Å². The monoisotopic (exact) mass is 191 g/mol. The lowest BCUT2D eigenvalue weighted by molar-refractivity contribution is -0.134.